The number of carbonyl (C=O) groups excluding carboxylic acids is 1. The van der Waals surface area contributed by atoms with Crippen LogP contribution in [0.5, 0.6) is 0 Å². The van der Waals surface area contributed by atoms with Crippen molar-refractivity contribution in [3.8, 4) is 0 Å². The summed E-state index contributed by atoms with van der Waals surface area (Å²) in [5.74, 6) is 0.190. The Morgan fingerprint density at radius 1 is 1.29 bits per heavy atom. The molecule has 1 aliphatic rings. The number of ether oxygens (including phenoxy) is 1. The van der Waals surface area contributed by atoms with Crippen molar-refractivity contribution in [1.82, 2.24) is 18.7 Å². The molecule has 0 saturated carbocycles. The van der Waals surface area contributed by atoms with Gasteiger partial charge >= 0.3 is 11.7 Å². The predicted molar refractivity (Wildman–Crippen MR) is 119 cm³/mol. The number of hydrogen-bond donors (Lipinski definition) is 1. The number of nitrogens with zero attached hydrogens (tertiary/aromatic N) is 5. The monoisotopic (exact) mass is 432 g/mol. The van der Waals surface area contributed by atoms with E-state index >= 15 is 0 Å². The quantitative estimate of drug-likeness (QED) is 0.507. The number of imidazole rings is 1. The fourth-order valence-electron chi connectivity index (χ4n) is 3.87. The maximum Gasteiger partial charge on any atom is 0.332 e. The van der Waals surface area contributed by atoms with Gasteiger partial charge in [-0.1, -0.05) is 11.6 Å². The van der Waals surface area contributed by atoms with Crippen molar-refractivity contribution >= 4 is 23.1 Å². The normalized spacial score (nSPS) is 16.5. The summed E-state index contributed by atoms with van der Waals surface area (Å²) in [6.07, 6.45) is 3.85. The van der Waals surface area contributed by atoms with Crippen molar-refractivity contribution in [1.29, 1.82) is 0 Å². The van der Waals surface area contributed by atoms with Gasteiger partial charge in [-0.25, -0.2) is 4.79 Å². The molecular weight excluding hydrogens is 400 g/mol. The van der Waals surface area contributed by atoms with Crippen LogP contribution in [0.4, 0.5) is 5.95 Å². The molecule has 0 aromatic carbocycles. The third-order valence-corrected chi connectivity index (χ3v) is 5.48. The molecule has 0 bridgehead atoms. The second-order valence-electron chi connectivity index (χ2n) is 8.18. The zero-order valence-corrected chi connectivity index (χ0v) is 18.8. The Labute approximate surface area is 180 Å². The summed E-state index contributed by atoms with van der Waals surface area (Å²) in [5, 5.41) is 0. The standard InChI is InChI=1S/C21H32N6O4/c1-5-31-16(28)9-12-27-19(29)17-18(24(4)21(27)30)23-20(26(17)11-8-14(2)3)25-10-6-7-15(22)13-25/h8,15H,5-7,9-13,22H2,1-4H3. The SMILES string of the molecule is CCOC(=O)CCn1c(=O)c2c(nc(N3CCCC(N)C3)n2CC=C(C)C)n(C)c1=O. The van der Waals surface area contributed by atoms with E-state index in [2.05, 4.69) is 4.90 Å². The summed E-state index contributed by atoms with van der Waals surface area (Å²) in [6.45, 7) is 7.78. The first-order valence-corrected chi connectivity index (χ1v) is 10.7. The van der Waals surface area contributed by atoms with Crippen molar-refractivity contribution in [2.24, 2.45) is 12.8 Å². The summed E-state index contributed by atoms with van der Waals surface area (Å²) in [5.41, 5.74) is 7.00. The smallest absolute Gasteiger partial charge is 0.332 e. The van der Waals surface area contributed by atoms with Gasteiger partial charge in [-0.05, 0) is 33.6 Å². The molecule has 1 aliphatic heterocycles. The van der Waals surface area contributed by atoms with Crippen LogP contribution in [0.1, 0.15) is 40.0 Å². The molecule has 0 amide bonds. The molecule has 0 spiro atoms. The molecule has 3 rings (SSSR count). The third kappa shape index (κ3) is 4.73. The molecule has 1 atom stereocenters. The van der Waals surface area contributed by atoms with Crippen LogP contribution >= 0.6 is 0 Å². The van der Waals surface area contributed by atoms with Crippen LogP contribution in [-0.4, -0.2) is 50.4 Å². The number of nitrogens with two attached hydrogens (primary N) is 1. The highest BCUT2D eigenvalue weighted by molar-refractivity contribution is 5.75. The Morgan fingerprint density at radius 3 is 2.68 bits per heavy atom. The van der Waals surface area contributed by atoms with E-state index in [1.807, 2.05) is 24.5 Å². The number of rotatable bonds is 7. The number of hydrogen-bond acceptors (Lipinski definition) is 7. The molecule has 2 N–H and O–H groups in total. The van der Waals surface area contributed by atoms with E-state index in [0.29, 0.717) is 30.2 Å². The van der Waals surface area contributed by atoms with Crippen LogP contribution < -0.4 is 21.9 Å². The molecule has 1 saturated heterocycles. The largest absolute Gasteiger partial charge is 0.466 e. The Kier molecular flexibility index (Phi) is 6.99. The molecule has 1 fully saturated rings. The topological polar surface area (TPSA) is 117 Å². The number of piperidine rings is 1. The second-order valence-corrected chi connectivity index (χ2v) is 8.18. The zero-order valence-electron chi connectivity index (χ0n) is 18.8. The molecule has 31 heavy (non-hydrogen) atoms. The number of carbonyl (C=O) groups is 1. The lowest BCUT2D eigenvalue weighted by Crippen LogP contribution is -2.44. The molecule has 2 aromatic rings. The minimum absolute atomic E-state index is 0.0375. The van der Waals surface area contributed by atoms with E-state index in [1.54, 1.807) is 14.0 Å². The van der Waals surface area contributed by atoms with Crippen molar-refractivity contribution in [3.63, 3.8) is 0 Å². The van der Waals surface area contributed by atoms with Gasteiger partial charge in [0.05, 0.1) is 13.0 Å². The summed E-state index contributed by atoms with van der Waals surface area (Å²) in [6, 6.07) is 0.0375. The molecule has 1 unspecified atom stereocenters. The molecule has 0 aliphatic carbocycles. The minimum atomic E-state index is -0.504. The zero-order chi connectivity index (χ0) is 22.7. The van der Waals surface area contributed by atoms with E-state index in [1.165, 1.54) is 4.57 Å². The van der Waals surface area contributed by atoms with Crippen molar-refractivity contribution in [3.05, 3.63) is 32.5 Å². The third-order valence-electron chi connectivity index (χ3n) is 5.48. The van der Waals surface area contributed by atoms with E-state index < -0.39 is 17.2 Å². The van der Waals surface area contributed by atoms with E-state index in [4.69, 9.17) is 15.5 Å². The van der Waals surface area contributed by atoms with Crippen LogP contribution in [0.15, 0.2) is 21.2 Å². The van der Waals surface area contributed by atoms with Gasteiger partial charge in [-0.2, -0.15) is 4.98 Å². The lowest BCUT2D eigenvalue weighted by atomic mass is 10.1. The second kappa shape index (κ2) is 9.51. The van der Waals surface area contributed by atoms with E-state index in [9.17, 15) is 14.4 Å². The molecule has 10 heteroatoms. The number of allylic oxidation sites excluding steroid dienone is 2. The molecule has 170 valence electrons. The molecule has 0 radical (unpaired) electrons. The van der Waals surface area contributed by atoms with Crippen molar-refractivity contribution < 1.29 is 9.53 Å². The van der Waals surface area contributed by atoms with Crippen LogP contribution in [-0.2, 0) is 29.7 Å². The van der Waals surface area contributed by atoms with Crippen molar-refractivity contribution in [2.75, 3.05) is 24.6 Å². The Bertz CT molecular complexity index is 1110. The van der Waals surface area contributed by atoms with Crippen LogP contribution in [0.3, 0.4) is 0 Å². The minimum Gasteiger partial charge on any atom is -0.466 e. The van der Waals surface area contributed by atoms with Gasteiger partial charge in [0.2, 0.25) is 5.95 Å². The summed E-state index contributed by atoms with van der Waals surface area (Å²) >= 11 is 0. The van der Waals surface area contributed by atoms with Gasteiger partial charge in [0.15, 0.2) is 11.2 Å². The highest BCUT2D eigenvalue weighted by Crippen LogP contribution is 2.23. The predicted octanol–water partition coefficient (Wildman–Crippen LogP) is 0.744. The van der Waals surface area contributed by atoms with Crippen LogP contribution in [0, 0.1) is 0 Å². The number of aryl methyl sites for hydroxylation is 1. The maximum absolute atomic E-state index is 13.4. The lowest BCUT2D eigenvalue weighted by molar-refractivity contribution is -0.143. The average Bonchev–Trinajstić information content (AvgIpc) is 3.10. The molecule has 10 nitrogen and oxygen atoms in total. The Hall–Kier alpha value is -2.88. The molecule has 3 heterocycles. The average molecular weight is 433 g/mol. The first kappa shape index (κ1) is 22.8. The van der Waals surface area contributed by atoms with Crippen LogP contribution in [0.25, 0.3) is 11.2 Å². The van der Waals surface area contributed by atoms with Gasteiger partial charge < -0.3 is 19.9 Å². The summed E-state index contributed by atoms with van der Waals surface area (Å²) in [7, 11) is 1.59. The van der Waals surface area contributed by atoms with E-state index in [-0.39, 0.29) is 25.6 Å². The maximum atomic E-state index is 13.4. The van der Waals surface area contributed by atoms with Gasteiger partial charge in [0, 0.05) is 39.3 Å². The fraction of sp³-hybridized carbons (Fsp3) is 0.619. The number of esters is 1. The van der Waals surface area contributed by atoms with Gasteiger partial charge in [-0.3, -0.25) is 18.7 Å². The Morgan fingerprint density at radius 2 is 2.03 bits per heavy atom. The highest BCUT2D eigenvalue weighted by atomic mass is 16.5. The van der Waals surface area contributed by atoms with E-state index in [0.717, 1.165) is 29.5 Å². The molecular formula is C21H32N6O4. The number of aromatic nitrogens is 4. The summed E-state index contributed by atoms with van der Waals surface area (Å²) in [4.78, 5) is 44.8. The van der Waals surface area contributed by atoms with Gasteiger partial charge in [-0.15, -0.1) is 0 Å². The first-order chi connectivity index (χ1) is 14.7. The fourth-order valence-corrected chi connectivity index (χ4v) is 3.87. The van der Waals surface area contributed by atoms with Crippen molar-refractivity contribution in [2.45, 2.75) is 59.2 Å². The van der Waals surface area contributed by atoms with Gasteiger partial charge in [0.1, 0.15) is 0 Å². The first-order valence-electron chi connectivity index (χ1n) is 10.7. The number of anilines is 1. The van der Waals surface area contributed by atoms with Crippen LogP contribution in [0.2, 0.25) is 0 Å². The summed E-state index contributed by atoms with van der Waals surface area (Å²) < 4.78 is 9.24. The molecule has 2 aromatic heterocycles. The highest BCUT2D eigenvalue weighted by Gasteiger charge is 2.26. The number of fused-ring (bicyclic) bond motifs is 1. The van der Waals surface area contributed by atoms with Gasteiger partial charge in [0.25, 0.3) is 5.56 Å². The Balaban J connectivity index is 2.16. The lowest BCUT2D eigenvalue weighted by Gasteiger charge is -2.31.